The Labute approximate surface area is 96.5 Å². The fourth-order valence-corrected chi connectivity index (χ4v) is 2.30. The van der Waals surface area contributed by atoms with Gasteiger partial charge in [-0.2, -0.15) is 0 Å². The van der Waals surface area contributed by atoms with E-state index in [0.29, 0.717) is 0 Å². The summed E-state index contributed by atoms with van der Waals surface area (Å²) in [7, 11) is 0. The highest BCUT2D eigenvalue weighted by molar-refractivity contribution is 5.05. The highest BCUT2D eigenvalue weighted by Gasteiger charge is 2.20. The Morgan fingerprint density at radius 1 is 0.800 bits per heavy atom. The molecule has 1 aliphatic carbocycles. The number of rotatable bonds is 2. The van der Waals surface area contributed by atoms with Gasteiger partial charge in [-0.15, -0.1) is 0 Å². The van der Waals surface area contributed by atoms with Gasteiger partial charge in [0.05, 0.1) is 0 Å². The highest BCUT2D eigenvalue weighted by Crippen LogP contribution is 2.33. The predicted molar refractivity (Wildman–Crippen MR) is 71.0 cm³/mol. The van der Waals surface area contributed by atoms with Gasteiger partial charge in [0.15, 0.2) is 0 Å². The fourth-order valence-electron chi connectivity index (χ4n) is 2.30. The SMILES string of the molecule is CC.CC(C)=CC1CCC(C=C(C)C)C1. The second kappa shape index (κ2) is 7.73. The Hall–Kier alpha value is -0.520. The molecule has 0 aliphatic heterocycles. The van der Waals surface area contributed by atoms with Crippen molar-refractivity contribution in [2.24, 2.45) is 11.8 Å². The molecule has 2 unspecified atom stereocenters. The predicted octanol–water partition coefficient (Wildman–Crippen LogP) is 5.36. The summed E-state index contributed by atoms with van der Waals surface area (Å²) < 4.78 is 0. The summed E-state index contributed by atoms with van der Waals surface area (Å²) in [6, 6.07) is 0. The molecule has 1 aliphatic rings. The van der Waals surface area contributed by atoms with E-state index in [-0.39, 0.29) is 0 Å². The lowest BCUT2D eigenvalue weighted by atomic mass is 10.0. The molecule has 0 spiro atoms. The summed E-state index contributed by atoms with van der Waals surface area (Å²) in [6.07, 6.45) is 9.04. The Kier molecular flexibility index (Phi) is 7.46. The molecule has 2 atom stereocenters. The summed E-state index contributed by atoms with van der Waals surface area (Å²) in [6.45, 7) is 12.8. The van der Waals surface area contributed by atoms with Crippen molar-refractivity contribution in [2.75, 3.05) is 0 Å². The molecule has 0 nitrogen and oxygen atoms in total. The van der Waals surface area contributed by atoms with Gasteiger partial charge in [0.2, 0.25) is 0 Å². The van der Waals surface area contributed by atoms with Gasteiger partial charge < -0.3 is 0 Å². The molecule has 0 N–H and O–H groups in total. The molecular formula is C15H28. The van der Waals surface area contributed by atoms with E-state index in [2.05, 4.69) is 39.8 Å². The van der Waals surface area contributed by atoms with Gasteiger partial charge in [-0.1, -0.05) is 37.1 Å². The van der Waals surface area contributed by atoms with E-state index < -0.39 is 0 Å². The molecule has 0 bridgehead atoms. The maximum atomic E-state index is 2.44. The van der Waals surface area contributed by atoms with Crippen LogP contribution in [0, 0.1) is 11.8 Å². The number of hydrogen-bond donors (Lipinski definition) is 0. The maximum Gasteiger partial charge on any atom is -0.0225 e. The smallest absolute Gasteiger partial charge is 0.0225 e. The number of allylic oxidation sites excluding steroid dienone is 4. The van der Waals surface area contributed by atoms with Crippen molar-refractivity contribution < 1.29 is 0 Å². The van der Waals surface area contributed by atoms with Crippen molar-refractivity contribution in [3.8, 4) is 0 Å². The standard InChI is InChI=1S/C13H22.C2H6/c1-10(2)7-12-5-6-13(9-12)8-11(3)4;1-2/h7-8,12-13H,5-6,9H2,1-4H3;1-2H3. The summed E-state index contributed by atoms with van der Waals surface area (Å²) in [5, 5.41) is 0. The molecule has 0 heteroatoms. The van der Waals surface area contributed by atoms with Crippen LogP contribution in [-0.2, 0) is 0 Å². The first-order valence-electron chi connectivity index (χ1n) is 6.38. The quantitative estimate of drug-likeness (QED) is 0.536. The average molecular weight is 208 g/mol. The van der Waals surface area contributed by atoms with E-state index in [0.717, 1.165) is 11.8 Å². The van der Waals surface area contributed by atoms with Crippen LogP contribution in [0.5, 0.6) is 0 Å². The minimum Gasteiger partial charge on any atom is -0.0827 e. The molecule has 0 aromatic rings. The summed E-state index contributed by atoms with van der Waals surface area (Å²) in [5.41, 5.74) is 2.95. The largest absolute Gasteiger partial charge is 0.0827 e. The van der Waals surface area contributed by atoms with E-state index in [1.807, 2.05) is 13.8 Å². The van der Waals surface area contributed by atoms with Gasteiger partial charge in [0.1, 0.15) is 0 Å². The molecule has 1 fully saturated rings. The summed E-state index contributed by atoms with van der Waals surface area (Å²) in [5.74, 6) is 1.70. The average Bonchev–Trinajstić information content (AvgIpc) is 2.54. The second-order valence-electron chi connectivity index (χ2n) is 4.82. The van der Waals surface area contributed by atoms with Gasteiger partial charge in [-0.25, -0.2) is 0 Å². The molecule has 0 radical (unpaired) electrons. The van der Waals surface area contributed by atoms with E-state index >= 15 is 0 Å². The Bertz CT molecular complexity index is 188. The van der Waals surface area contributed by atoms with Gasteiger partial charge in [0.25, 0.3) is 0 Å². The normalized spacial score (nSPS) is 23.9. The summed E-state index contributed by atoms with van der Waals surface area (Å²) in [4.78, 5) is 0. The zero-order valence-electron chi connectivity index (χ0n) is 11.4. The zero-order valence-corrected chi connectivity index (χ0v) is 11.4. The first-order valence-corrected chi connectivity index (χ1v) is 6.38. The van der Waals surface area contributed by atoms with Crippen molar-refractivity contribution in [3.63, 3.8) is 0 Å². The molecule has 0 aromatic carbocycles. The van der Waals surface area contributed by atoms with Crippen LogP contribution in [0.15, 0.2) is 23.3 Å². The van der Waals surface area contributed by atoms with Crippen LogP contribution in [-0.4, -0.2) is 0 Å². The van der Waals surface area contributed by atoms with Gasteiger partial charge >= 0.3 is 0 Å². The highest BCUT2D eigenvalue weighted by atomic mass is 14.3. The topological polar surface area (TPSA) is 0 Å². The van der Waals surface area contributed by atoms with Crippen LogP contribution in [0.1, 0.15) is 60.8 Å². The van der Waals surface area contributed by atoms with Crippen molar-refractivity contribution in [3.05, 3.63) is 23.3 Å². The molecule has 1 rings (SSSR count). The van der Waals surface area contributed by atoms with E-state index in [4.69, 9.17) is 0 Å². The fraction of sp³-hybridized carbons (Fsp3) is 0.733. The second-order valence-corrected chi connectivity index (χ2v) is 4.82. The minimum absolute atomic E-state index is 0.852. The monoisotopic (exact) mass is 208 g/mol. The van der Waals surface area contributed by atoms with Crippen molar-refractivity contribution in [2.45, 2.75) is 60.8 Å². The molecular weight excluding hydrogens is 180 g/mol. The first-order chi connectivity index (χ1) is 7.08. The maximum absolute atomic E-state index is 2.44. The zero-order chi connectivity index (χ0) is 11.8. The molecule has 88 valence electrons. The molecule has 0 aromatic heterocycles. The Morgan fingerprint density at radius 2 is 1.13 bits per heavy atom. The van der Waals surface area contributed by atoms with E-state index in [9.17, 15) is 0 Å². The Balaban J connectivity index is 0.000000921. The first kappa shape index (κ1) is 14.5. The van der Waals surface area contributed by atoms with Crippen molar-refractivity contribution in [1.29, 1.82) is 0 Å². The third kappa shape index (κ3) is 6.54. The van der Waals surface area contributed by atoms with E-state index in [1.54, 1.807) is 0 Å². The lowest BCUT2D eigenvalue weighted by Gasteiger charge is -2.04. The van der Waals surface area contributed by atoms with Gasteiger partial charge in [-0.05, 0) is 58.8 Å². The van der Waals surface area contributed by atoms with Crippen LogP contribution in [0.3, 0.4) is 0 Å². The van der Waals surface area contributed by atoms with Crippen LogP contribution in [0.4, 0.5) is 0 Å². The van der Waals surface area contributed by atoms with Crippen LogP contribution < -0.4 is 0 Å². The Morgan fingerprint density at radius 3 is 1.40 bits per heavy atom. The van der Waals surface area contributed by atoms with Crippen molar-refractivity contribution >= 4 is 0 Å². The lowest BCUT2D eigenvalue weighted by Crippen LogP contribution is -1.91. The molecule has 1 saturated carbocycles. The van der Waals surface area contributed by atoms with Crippen molar-refractivity contribution in [1.82, 2.24) is 0 Å². The third-order valence-electron chi connectivity index (χ3n) is 2.65. The van der Waals surface area contributed by atoms with Gasteiger partial charge in [-0.3, -0.25) is 0 Å². The molecule has 0 amide bonds. The summed E-state index contributed by atoms with van der Waals surface area (Å²) >= 11 is 0. The minimum atomic E-state index is 0.852. The van der Waals surface area contributed by atoms with Gasteiger partial charge in [0, 0.05) is 0 Å². The lowest BCUT2D eigenvalue weighted by molar-refractivity contribution is 0.633. The third-order valence-corrected chi connectivity index (χ3v) is 2.65. The van der Waals surface area contributed by atoms with Crippen LogP contribution >= 0.6 is 0 Å². The molecule has 0 saturated heterocycles. The van der Waals surface area contributed by atoms with E-state index in [1.165, 1.54) is 30.4 Å². The van der Waals surface area contributed by atoms with Crippen LogP contribution in [0.2, 0.25) is 0 Å². The molecule has 0 heterocycles. The van der Waals surface area contributed by atoms with Crippen LogP contribution in [0.25, 0.3) is 0 Å². The number of hydrogen-bond acceptors (Lipinski definition) is 0. The molecule has 15 heavy (non-hydrogen) atoms.